The molecular weight excluding hydrogens is 434 g/mol. The van der Waals surface area contributed by atoms with Crippen molar-refractivity contribution in [2.24, 2.45) is 0 Å². The summed E-state index contributed by atoms with van der Waals surface area (Å²) < 4.78 is 5.18. The second kappa shape index (κ2) is 9.76. The maximum absolute atomic E-state index is 12.9. The van der Waals surface area contributed by atoms with Crippen molar-refractivity contribution in [3.8, 4) is 16.9 Å². The summed E-state index contributed by atoms with van der Waals surface area (Å²) in [5, 5.41) is 16.0. The molecule has 174 valence electrons. The van der Waals surface area contributed by atoms with Gasteiger partial charge in [-0.15, -0.1) is 0 Å². The molecule has 2 atom stereocenters. The van der Waals surface area contributed by atoms with Crippen molar-refractivity contribution in [3.05, 3.63) is 83.9 Å². The lowest BCUT2D eigenvalue weighted by Gasteiger charge is -2.18. The van der Waals surface area contributed by atoms with Gasteiger partial charge in [0.25, 0.3) is 5.91 Å². The lowest BCUT2D eigenvalue weighted by atomic mass is 9.97. The number of aliphatic hydroxyl groups excluding tert-OH is 1. The third-order valence-corrected chi connectivity index (χ3v) is 5.66. The monoisotopic (exact) mass is 459 g/mol. The number of amides is 4. The van der Waals surface area contributed by atoms with Crippen molar-refractivity contribution in [1.82, 2.24) is 10.2 Å². The molecule has 0 spiro atoms. The summed E-state index contributed by atoms with van der Waals surface area (Å²) in [6.07, 6.45) is -1.28. The molecule has 1 heterocycles. The Labute approximate surface area is 197 Å². The maximum Gasteiger partial charge on any atom is 0.325 e. The number of nitrogens with one attached hydrogen (secondary N) is 2. The van der Waals surface area contributed by atoms with Crippen LogP contribution in [0.15, 0.2) is 72.8 Å². The molecule has 0 aromatic heterocycles. The molecule has 1 fully saturated rings. The van der Waals surface area contributed by atoms with Crippen molar-refractivity contribution >= 4 is 23.5 Å². The number of aryl methyl sites for hydroxylation is 1. The number of nitrogens with zero attached hydrogens (tertiary/aromatic N) is 1. The molecule has 34 heavy (non-hydrogen) atoms. The number of anilines is 1. The fraction of sp³-hybridized carbons (Fsp3) is 0.192. The summed E-state index contributed by atoms with van der Waals surface area (Å²) in [6.45, 7) is 1.48. The van der Waals surface area contributed by atoms with Crippen LogP contribution in [0.4, 0.5) is 10.5 Å². The third-order valence-electron chi connectivity index (χ3n) is 5.66. The van der Waals surface area contributed by atoms with Gasteiger partial charge in [-0.3, -0.25) is 14.5 Å². The first-order chi connectivity index (χ1) is 16.4. The van der Waals surface area contributed by atoms with E-state index >= 15 is 0 Å². The van der Waals surface area contributed by atoms with Gasteiger partial charge in [-0.2, -0.15) is 0 Å². The third kappa shape index (κ3) is 4.92. The molecule has 3 aromatic carbocycles. The normalized spacial score (nSPS) is 16.2. The fourth-order valence-corrected chi connectivity index (χ4v) is 3.76. The van der Waals surface area contributed by atoms with Crippen molar-refractivity contribution in [2.45, 2.75) is 19.1 Å². The van der Waals surface area contributed by atoms with E-state index in [-0.39, 0.29) is 0 Å². The van der Waals surface area contributed by atoms with E-state index in [2.05, 4.69) is 10.6 Å². The molecule has 0 saturated carbocycles. The number of carbonyl (C=O) groups is 3. The summed E-state index contributed by atoms with van der Waals surface area (Å²) in [4.78, 5) is 38.5. The van der Waals surface area contributed by atoms with Crippen molar-refractivity contribution in [3.63, 3.8) is 0 Å². The molecule has 3 N–H and O–H groups in total. The Morgan fingerprint density at radius 3 is 2.44 bits per heavy atom. The molecule has 4 amide bonds. The molecule has 2 unspecified atom stereocenters. The van der Waals surface area contributed by atoms with Crippen LogP contribution in [0.1, 0.15) is 17.2 Å². The summed E-state index contributed by atoms with van der Waals surface area (Å²) >= 11 is 0. The number of aliphatic hydroxyl groups is 1. The average molecular weight is 460 g/mol. The first kappa shape index (κ1) is 23.0. The van der Waals surface area contributed by atoms with E-state index in [0.717, 1.165) is 27.3 Å². The molecule has 1 aliphatic heterocycles. The van der Waals surface area contributed by atoms with Gasteiger partial charge in [-0.1, -0.05) is 48.0 Å². The van der Waals surface area contributed by atoms with Crippen LogP contribution in [0, 0.1) is 6.92 Å². The Kier molecular flexibility index (Phi) is 6.60. The van der Waals surface area contributed by atoms with Gasteiger partial charge in [0.15, 0.2) is 0 Å². The van der Waals surface area contributed by atoms with Gasteiger partial charge >= 0.3 is 6.03 Å². The number of methoxy groups -OCH3 is 1. The lowest BCUT2D eigenvalue weighted by Crippen LogP contribution is -2.39. The molecule has 1 aliphatic rings. The van der Waals surface area contributed by atoms with Gasteiger partial charge in [0.2, 0.25) is 5.91 Å². The Morgan fingerprint density at radius 1 is 1.06 bits per heavy atom. The van der Waals surface area contributed by atoms with E-state index in [0.29, 0.717) is 11.3 Å². The van der Waals surface area contributed by atoms with Crippen molar-refractivity contribution < 1.29 is 24.2 Å². The number of hydrogen-bond donors (Lipinski definition) is 3. The van der Waals surface area contributed by atoms with Crippen LogP contribution in [0.3, 0.4) is 0 Å². The Bertz CT molecular complexity index is 1210. The number of imide groups is 1. The van der Waals surface area contributed by atoms with Gasteiger partial charge in [-0.25, -0.2) is 4.79 Å². The number of urea groups is 1. The maximum atomic E-state index is 12.9. The van der Waals surface area contributed by atoms with Crippen LogP contribution >= 0.6 is 0 Å². The topological polar surface area (TPSA) is 108 Å². The SMILES string of the molecule is COc1ccc(-c2cccc(C(O)C3NC(=O)N(CC(=O)Nc4ccc(C)cc4)C3=O)c2)cc1. The Balaban J connectivity index is 1.45. The van der Waals surface area contributed by atoms with Crippen LogP contribution < -0.4 is 15.4 Å². The summed E-state index contributed by atoms with van der Waals surface area (Å²) in [5.74, 6) is -0.443. The minimum atomic E-state index is -1.28. The highest BCUT2D eigenvalue weighted by molar-refractivity contribution is 6.08. The van der Waals surface area contributed by atoms with Gasteiger partial charge in [0.05, 0.1) is 7.11 Å². The minimum Gasteiger partial charge on any atom is -0.497 e. The first-order valence-corrected chi connectivity index (χ1v) is 10.8. The van der Waals surface area contributed by atoms with Gasteiger partial charge in [0.1, 0.15) is 24.4 Å². The number of carbonyl (C=O) groups excluding carboxylic acids is 3. The Morgan fingerprint density at radius 2 is 1.76 bits per heavy atom. The molecule has 3 aromatic rings. The van der Waals surface area contributed by atoms with Crippen molar-refractivity contribution in [2.75, 3.05) is 19.0 Å². The van der Waals surface area contributed by atoms with Crippen LogP contribution in [0.5, 0.6) is 5.75 Å². The zero-order valence-electron chi connectivity index (χ0n) is 18.8. The highest BCUT2D eigenvalue weighted by Crippen LogP contribution is 2.28. The van der Waals surface area contributed by atoms with E-state index in [1.54, 1.807) is 37.4 Å². The molecule has 4 rings (SSSR count). The Hall–Kier alpha value is -4.17. The predicted molar refractivity (Wildman–Crippen MR) is 127 cm³/mol. The number of ether oxygens (including phenoxy) is 1. The molecule has 0 aliphatic carbocycles. The molecule has 0 radical (unpaired) electrons. The van der Waals surface area contributed by atoms with Gasteiger partial charge < -0.3 is 20.5 Å². The molecule has 0 bridgehead atoms. The number of rotatable bonds is 7. The predicted octanol–water partition coefficient (Wildman–Crippen LogP) is 3.26. The van der Waals surface area contributed by atoms with Crippen molar-refractivity contribution in [1.29, 1.82) is 0 Å². The van der Waals surface area contributed by atoms with E-state index in [9.17, 15) is 19.5 Å². The first-order valence-electron chi connectivity index (χ1n) is 10.8. The smallest absolute Gasteiger partial charge is 0.325 e. The molecule has 1 saturated heterocycles. The number of hydrogen-bond acceptors (Lipinski definition) is 5. The zero-order chi connectivity index (χ0) is 24.2. The molecule has 8 heteroatoms. The van der Waals surface area contributed by atoms with E-state index in [1.165, 1.54) is 0 Å². The highest BCUT2D eigenvalue weighted by atomic mass is 16.5. The molecule has 8 nitrogen and oxygen atoms in total. The summed E-state index contributed by atoms with van der Waals surface area (Å²) in [5.41, 5.74) is 3.82. The standard InChI is InChI=1S/C26H25N3O5/c1-16-6-10-20(11-7-16)27-22(30)15-29-25(32)23(28-26(29)33)24(31)19-5-3-4-18(14-19)17-8-12-21(34-2)13-9-17/h3-14,23-24,31H,15H2,1-2H3,(H,27,30)(H,28,33). The highest BCUT2D eigenvalue weighted by Gasteiger charge is 2.43. The van der Waals surface area contributed by atoms with E-state index < -0.39 is 36.5 Å². The van der Waals surface area contributed by atoms with E-state index in [1.807, 2.05) is 49.4 Å². The van der Waals surface area contributed by atoms with Crippen LogP contribution in [0.2, 0.25) is 0 Å². The number of benzene rings is 3. The lowest BCUT2D eigenvalue weighted by molar-refractivity contribution is -0.132. The van der Waals surface area contributed by atoms with Crippen LogP contribution in [-0.2, 0) is 9.59 Å². The largest absolute Gasteiger partial charge is 0.497 e. The molecular formula is C26H25N3O5. The van der Waals surface area contributed by atoms with Gasteiger partial charge in [0, 0.05) is 5.69 Å². The van der Waals surface area contributed by atoms with Crippen LogP contribution in [-0.4, -0.2) is 47.5 Å². The van der Waals surface area contributed by atoms with E-state index in [4.69, 9.17) is 4.74 Å². The average Bonchev–Trinajstić information content (AvgIpc) is 3.13. The second-order valence-electron chi connectivity index (χ2n) is 8.06. The van der Waals surface area contributed by atoms with Gasteiger partial charge in [-0.05, 0) is 53.9 Å². The zero-order valence-corrected chi connectivity index (χ0v) is 18.8. The summed E-state index contributed by atoms with van der Waals surface area (Å²) in [7, 11) is 1.59. The quantitative estimate of drug-likeness (QED) is 0.470. The second-order valence-corrected chi connectivity index (χ2v) is 8.06. The summed E-state index contributed by atoms with van der Waals surface area (Å²) in [6, 6.07) is 19.8. The minimum absolute atomic E-state index is 0.451. The van der Waals surface area contributed by atoms with Crippen LogP contribution in [0.25, 0.3) is 11.1 Å². The fourth-order valence-electron chi connectivity index (χ4n) is 3.76.